The van der Waals surface area contributed by atoms with E-state index in [0.29, 0.717) is 23.6 Å². The van der Waals surface area contributed by atoms with Crippen molar-refractivity contribution in [3.05, 3.63) is 44.9 Å². The molecule has 0 saturated heterocycles. The van der Waals surface area contributed by atoms with E-state index in [1.807, 2.05) is 32.0 Å². The van der Waals surface area contributed by atoms with Crippen LogP contribution in [0.1, 0.15) is 31.5 Å². The molecule has 2 aromatic rings. The van der Waals surface area contributed by atoms with Gasteiger partial charge in [0.15, 0.2) is 0 Å². The largest absolute Gasteiger partial charge is 0.493 e. The fourth-order valence-electron chi connectivity index (χ4n) is 1.89. The second-order valence-corrected chi connectivity index (χ2v) is 5.71. The van der Waals surface area contributed by atoms with E-state index in [2.05, 4.69) is 4.98 Å². The number of carboxylic acid groups (broad SMARTS) is 1. The Morgan fingerprint density at radius 3 is 2.75 bits per heavy atom. The average molecular weight is 291 g/mol. The Morgan fingerprint density at radius 2 is 2.10 bits per heavy atom. The van der Waals surface area contributed by atoms with Crippen molar-refractivity contribution < 1.29 is 14.6 Å². The van der Waals surface area contributed by atoms with E-state index in [9.17, 15) is 4.79 Å². The van der Waals surface area contributed by atoms with Crippen LogP contribution in [0.3, 0.4) is 0 Å². The van der Waals surface area contributed by atoms with Crippen molar-refractivity contribution in [3.8, 4) is 5.75 Å². The van der Waals surface area contributed by atoms with Crippen molar-refractivity contribution in [1.29, 1.82) is 0 Å². The number of carboxylic acids is 1. The highest BCUT2D eigenvalue weighted by Gasteiger charge is 2.13. The highest BCUT2D eigenvalue weighted by atomic mass is 32.1. The molecule has 5 heteroatoms. The fourth-order valence-corrected chi connectivity index (χ4v) is 2.77. The van der Waals surface area contributed by atoms with Gasteiger partial charge in [-0.1, -0.05) is 12.1 Å². The Morgan fingerprint density at radius 1 is 1.35 bits per heavy atom. The zero-order valence-corrected chi connectivity index (χ0v) is 12.6. The first-order chi connectivity index (χ1) is 9.49. The van der Waals surface area contributed by atoms with Crippen LogP contribution in [-0.2, 0) is 6.42 Å². The molecule has 0 aliphatic heterocycles. The predicted molar refractivity (Wildman–Crippen MR) is 78.9 cm³/mol. The summed E-state index contributed by atoms with van der Waals surface area (Å²) in [7, 11) is 0. The summed E-state index contributed by atoms with van der Waals surface area (Å²) in [5.74, 6) is -0.0431. The first-order valence-corrected chi connectivity index (χ1v) is 7.19. The van der Waals surface area contributed by atoms with Gasteiger partial charge in [-0.25, -0.2) is 9.78 Å². The molecule has 0 bridgehead atoms. The van der Waals surface area contributed by atoms with Crippen molar-refractivity contribution in [2.24, 2.45) is 0 Å². The predicted octanol–water partition coefficient (Wildman–Crippen LogP) is 3.39. The average Bonchev–Trinajstić information content (AvgIpc) is 2.76. The van der Waals surface area contributed by atoms with Crippen molar-refractivity contribution in [1.82, 2.24) is 4.98 Å². The summed E-state index contributed by atoms with van der Waals surface area (Å²) >= 11 is 1.22. The Labute approximate surface area is 122 Å². The summed E-state index contributed by atoms with van der Waals surface area (Å²) < 4.78 is 5.75. The van der Waals surface area contributed by atoms with E-state index in [0.717, 1.165) is 16.3 Å². The molecule has 4 nitrogen and oxygen atoms in total. The summed E-state index contributed by atoms with van der Waals surface area (Å²) in [5, 5.41) is 9.78. The Hall–Kier alpha value is -1.88. The lowest BCUT2D eigenvalue weighted by Gasteiger charge is -2.09. The summed E-state index contributed by atoms with van der Waals surface area (Å²) in [6.07, 6.45) is 0.617. The Balaban J connectivity index is 1.98. The molecule has 1 aromatic heterocycles. The van der Waals surface area contributed by atoms with Crippen LogP contribution >= 0.6 is 11.3 Å². The molecule has 20 heavy (non-hydrogen) atoms. The number of aromatic carboxylic acids is 1. The molecule has 106 valence electrons. The number of hydrogen-bond donors (Lipinski definition) is 1. The van der Waals surface area contributed by atoms with Gasteiger partial charge < -0.3 is 9.84 Å². The lowest BCUT2D eigenvalue weighted by Crippen LogP contribution is -2.02. The SMILES string of the molecule is Cc1cccc(OCCc2nc(C)c(C(=O)O)s2)c1C. The van der Waals surface area contributed by atoms with Gasteiger partial charge in [0, 0.05) is 6.42 Å². The molecule has 0 spiro atoms. The Kier molecular flexibility index (Phi) is 4.39. The van der Waals surface area contributed by atoms with E-state index >= 15 is 0 Å². The van der Waals surface area contributed by atoms with Crippen LogP contribution in [0, 0.1) is 20.8 Å². The highest BCUT2D eigenvalue weighted by Crippen LogP contribution is 2.22. The van der Waals surface area contributed by atoms with Crippen LogP contribution in [0.25, 0.3) is 0 Å². The number of benzene rings is 1. The number of aryl methyl sites for hydroxylation is 2. The quantitative estimate of drug-likeness (QED) is 0.917. The lowest BCUT2D eigenvalue weighted by molar-refractivity contribution is 0.0701. The number of ether oxygens (including phenoxy) is 1. The second kappa shape index (κ2) is 6.05. The lowest BCUT2D eigenvalue weighted by atomic mass is 10.1. The molecule has 0 aliphatic rings. The molecule has 0 atom stereocenters. The highest BCUT2D eigenvalue weighted by molar-refractivity contribution is 7.13. The van der Waals surface area contributed by atoms with E-state index in [1.54, 1.807) is 6.92 Å². The molecule has 0 radical (unpaired) electrons. The number of thiazole rings is 1. The molecule has 0 fully saturated rings. The maximum absolute atomic E-state index is 11.0. The van der Waals surface area contributed by atoms with Crippen LogP contribution in [0.15, 0.2) is 18.2 Å². The smallest absolute Gasteiger partial charge is 0.347 e. The third kappa shape index (κ3) is 3.17. The van der Waals surface area contributed by atoms with Crippen LogP contribution < -0.4 is 4.74 Å². The van der Waals surface area contributed by atoms with E-state index in [4.69, 9.17) is 9.84 Å². The monoisotopic (exact) mass is 291 g/mol. The van der Waals surface area contributed by atoms with Gasteiger partial charge in [0.05, 0.1) is 17.3 Å². The van der Waals surface area contributed by atoms with E-state index < -0.39 is 5.97 Å². The number of rotatable bonds is 5. The maximum atomic E-state index is 11.0. The molecule has 1 N–H and O–H groups in total. The van der Waals surface area contributed by atoms with Gasteiger partial charge in [0.25, 0.3) is 0 Å². The summed E-state index contributed by atoms with van der Waals surface area (Å²) in [5.41, 5.74) is 2.90. The molecule has 0 unspecified atom stereocenters. The number of aromatic nitrogens is 1. The van der Waals surface area contributed by atoms with Gasteiger partial charge >= 0.3 is 5.97 Å². The molecule has 0 amide bonds. The first-order valence-electron chi connectivity index (χ1n) is 6.37. The van der Waals surface area contributed by atoms with Crippen molar-refractivity contribution in [2.75, 3.05) is 6.61 Å². The molecular formula is C15H17NO3S. The van der Waals surface area contributed by atoms with Gasteiger partial charge in [-0.3, -0.25) is 0 Å². The van der Waals surface area contributed by atoms with Gasteiger partial charge in [-0.2, -0.15) is 0 Å². The third-order valence-corrected chi connectivity index (χ3v) is 4.37. The molecular weight excluding hydrogens is 274 g/mol. The van der Waals surface area contributed by atoms with Gasteiger partial charge in [0.2, 0.25) is 0 Å². The molecule has 2 rings (SSSR count). The number of carbonyl (C=O) groups is 1. The third-order valence-electron chi connectivity index (χ3n) is 3.16. The Bertz CT molecular complexity index is 634. The maximum Gasteiger partial charge on any atom is 0.347 e. The van der Waals surface area contributed by atoms with Gasteiger partial charge in [-0.05, 0) is 38.0 Å². The fraction of sp³-hybridized carbons (Fsp3) is 0.333. The van der Waals surface area contributed by atoms with Crippen molar-refractivity contribution in [3.63, 3.8) is 0 Å². The van der Waals surface area contributed by atoms with Crippen LogP contribution in [0.4, 0.5) is 0 Å². The molecule has 0 aliphatic carbocycles. The minimum atomic E-state index is -0.915. The van der Waals surface area contributed by atoms with Crippen LogP contribution in [0.5, 0.6) is 5.75 Å². The molecule has 1 aromatic carbocycles. The van der Waals surface area contributed by atoms with Gasteiger partial charge in [0.1, 0.15) is 10.6 Å². The summed E-state index contributed by atoms with van der Waals surface area (Å²) in [4.78, 5) is 15.5. The van der Waals surface area contributed by atoms with E-state index in [1.165, 1.54) is 16.9 Å². The van der Waals surface area contributed by atoms with Crippen molar-refractivity contribution >= 4 is 17.3 Å². The van der Waals surface area contributed by atoms with Crippen molar-refractivity contribution in [2.45, 2.75) is 27.2 Å². The normalized spacial score (nSPS) is 10.6. The minimum absolute atomic E-state index is 0.312. The standard InChI is InChI=1S/C15H17NO3S/c1-9-5-4-6-12(10(9)2)19-8-7-13-16-11(3)14(20-13)15(17)18/h4-6H,7-8H2,1-3H3,(H,17,18). The number of hydrogen-bond acceptors (Lipinski definition) is 4. The summed E-state index contributed by atoms with van der Waals surface area (Å²) in [6, 6.07) is 5.96. The first kappa shape index (κ1) is 14.5. The topological polar surface area (TPSA) is 59.4 Å². The molecule has 1 heterocycles. The minimum Gasteiger partial charge on any atom is -0.493 e. The van der Waals surface area contributed by atoms with Gasteiger partial charge in [-0.15, -0.1) is 11.3 Å². The van der Waals surface area contributed by atoms with E-state index in [-0.39, 0.29) is 0 Å². The van der Waals surface area contributed by atoms with Crippen LogP contribution in [0.2, 0.25) is 0 Å². The number of nitrogens with zero attached hydrogens (tertiary/aromatic N) is 1. The summed E-state index contributed by atoms with van der Waals surface area (Å²) in [6.45, 7) is 6.29. The zero-order chi connectivity index (χ0) is 14.7. The van der Waals surface area contributed by atoms with Crippen LogP contribution in [-0.4, -0.2) is 22.7 Å². The zero-order valence-electron chi connectivity index (χ0n) is 11.8. The molecule has 0 saturated carbocycles. The second-order valence-electron chi connectivity index (χ2n) is 4.62.